The Labute approximate surface area is 84.7 Å². The molecule has 0 aromatic carbocycles. The van der Waals surface area contributed by atoms with Crippen molar-refractivity contribution in [1.82, 2.24) is 0 Å². The Morgan fingerprint density at radius 3 is 1.69 bits per heavy atom. The average Bonchev–Trinajstić information content (AvgIpc) is 1.98. The molecule has 0 aromatic rings. The summed E-state index contributed by atoms with van der Waals surface area (Å²) in [6.45, 7) is 1.90. The van der Waals surface area contributed by atoms with Crippen LogP contribution in [0.2, 0.25) is 0 Å². The summed E-state index contributed by atoms with van der Waals surface area (Å²) in [6, 6.07) is 0. The molecule has 0 bridgehead atoms. The van der Waals surface area contributed by atoms with Gasteiger partial charge in [0.2, 0.25) is 0 Å². The van der Waals surface area contributed by atoms with E-state index in [1.165, 1.54) is 0 Å². The van der Waals surface area contributed by atoms with E-state index in [-0.39, 0.29) is 6.92 Å². The first-order chi connectivity index (χ1) is 6.81. The van der Waals surface area contributed by atoms with E-state index in [1.54, 1.807) is 0 Å². The fourth-order valence-electron chi connectivity index (χ4n) is 0.505. The second kappa shape index (κ2) is 4.19. The van der Waals surface area contributed by atoms with E-state index in [9.17, 15) is 35.1 Å². The van der Waals surface area contributed by atoms with Crippen molar-refractivity contribution in [2.75, 3.05) is 0 Å². The molecule has 0 radical (unpaired) electrons. The minimum atomic E-state index is -5.46. The fraction of sp³-hybridized carbons (Fsp3) is 0.714. The predicted molar refractivity (Wildman–Crippen MR) is 36.4 cm³/mol. The van der Waals surface area contributed by atoms with Crippen molar-refractivity contribution in [2.24, 2.45) is 5.92 Å². The third-order valence-corrected chi connectivity index (χ3v) is 1.58. The van der Waals surface area contributed by atoms with Gasteiger partial charge in [-0.2, -0.15) is 30.7 Å². The summed E-state index contributed by atoms with van der Waals surface area (Å²) in [5.74, 6) is -6.12. The van der Waals surface area contributed by atoms with E-state index in [2.05, 4.69) is 4.74 Å². The molecule has 0 amide bonds. The molecule has 0 aliphatic carbocycles. The van der Waals surface area contributed by atoms with E-state index < -0.39 is 30.1 Å². The molecule has 0 spiro atoms. The van der Waals surface area contributed by atoms with Crippen LogP contribution < -0.4 is 0 Å². The van der Waals surface area contributed by atoms with Crippen molar-refractivity contribution in [3.05, 3.63) is 12.4 Å². The average molecular weight is 258 g/mol. The van der Waals surface area contributed by atoms with Crippen molar-refractivity contribution in [1.29, 1.82) is 0 Å². The Kier molecular flexibility index (Phi) is 3.96. The Bertz CT molecular complexity index is 268. The highest BCUT2D eigenvalue weighted by molar-refractivity contribution is 4.92. The van der Waals surface area contributed by atoms with Crippen LogP contribution in [0.25, 0.3) is 0 Å². The molecule has 0 heterocycles. The topological polar surface area (TPSA) is 9.23 Å². The highest BCUT2D eigenvalue weighted by atomic mass is 19.4. The van der Waals surface area contributed by atoms with Gasteiger partial charge in [0.25, 0.3) is 0 Å². The Balaban J connectivity index is 4.89. The first-order valence-corrected chi connectivity index (χ1v) is 3.68. The van der Waals surface area contributed by atoms with Gasteiger partial charge in [0, 0.05) is 0 Å². The quantitative estimate of drug-likeness (QED) is 0.695. The van der Waals surface area contributed by atoms with Gasteiger partial charge >= 0.3 is 18.4 Å². The second-order valence-corrected chi connectivity index (χ2v) is 2.85. The molecule has 0 N–H and O–H groups in total. The van der Waals surface area contributed by atoms with Gasteiger partial charge in [-0.3, -0.25) is 0 Å². The lowest BCUT2D eigenvalue weighted by molar-refractivity contribution is -0.406. The van der Waals surface area contributed by atoms with E-state index in [4.69, 9.17) is 0 Å². The number of alkyl halides is 7. The number of hydrogen-bond acceptors (Lipinski definition) is 1. The normalized spacial score (nSPS) is 16.1. The first-order valence-electron chi connectivity index (χ1n) is 3.68. The van der Waals surface area contributed by atoms with Crippen LogP contribution in [0.4, 0.5) is 35.1 Å². The molecule has 96 valence electrons. The molecule has 1 nitrogen and oxygen atoms in total. The number of ether oxygens (including phenoxy) is 1. The molecule has 0 aliphatic heterocycles. The minimum Gasteiger partial charge on any atom is -0.249 e. The van der Waals surface area contributed by atoms with Crippen LogP contribution in [-0.2, 0) is 4.74 Å². The molecule has 0 fully saturated rings. The van der Waals surface area contributed by atoms with Crippen molar-refractivity contribution < 1.29 is 39.9 Å². The minimum absolute atomic E-state index is 0.0723. The van der Waals surface area contributed by atoms with E-state index in [0.29, 0.717) is 0 Å². The lowest BCUT2D eigenvalue weighted by Crippen LogP contribution is -2.44. The zero-order valence-corrected chi connectivity index (χ0v) is 7.72. The maximum atomic E-state index is 12.5. The molecule has 0 aromatic heterocycles. The number of halogens is 8. The van der Waals surface area contributed by atoms with Crippen molar-refractivity contribution >= 4 is 0 Å². The summed E-state index contributed by atoms with van der Waals surface area (Å²) in [7, 11) is 0. The second-order valence-electron chi connectivity index (χ2n) is 2.85. The molecule has 0 saturated heterocycles. The largest absolute Gasteiger partial charge is 0.413 e. The summed E-state index contributed by atoms with van der Waals surface area (Å²) in [5, 5.41) is 0. The number of hydrogen-bond donors (Lipinski definition) is 0. The maximum Gasteiger partial charge on any atom is 0.413 e. The summed E-state index contributed by atoms with van der Waals surface area (Å²) in [4.78, 5) is 0. The van der Waals surface area contributed by atoms with Gasteiger partial charge in [0.15, 0.2) is 5.83 Å². The molecule has 0 aliphatic rings. The monoisotopic (exact) mass is 258 g/mol. The molecule has 1 unspecified atom stereocenters. The first kappa shape index (κ1) is 15.1. The highest BCUT2D eigenvalue weighted by Gasteiger charge is 2.58. The Morgan fingerprint density at radius 2 is 1.44 bits per heavy atom. The lowest BCUT2D eigenvalue weighted by atomic mass is 10.1. The summed E-state index contributed by atoms with van der Waals surface area (Å²) >= 11 is 0. The molecular formula is C7H6F8O. The standard InChI is InChI=1S/C7H6F8O/c1-3(5(9,10)11)6(12,13)16-7(14,15)4(2)8/h3H,2H2,1H3. The molecule has 0 rings (SSSR count). The third-order valence-electron chi connectivity index (χ3n) is 1.58. The van der Waals surface area contributed by atoms with Crippen LogP contribution in [0.1, 0.15) is 6.92 Å². The Morgan fingerprint density at radius 1 is 1.06 bits per heavy atom. The molecule has 1 atom stereocenters. The van der Waals surface area contributed by atoms with Gasteiger partial charge in [-0.25, -0.2) is 9.13 Å². The predicted octanol–water partition coefficient (Wildman–Crippen LogP) is 3.87. The van der Waals surface area contributed by atoms with Crippen LogP contribution >= 0.6 is 0 Å². The highest BCUT2D eigenvalue weighted by Crippen LogP contribution is 2.42. The third kappa shape index (κ3) is 3.62. The Hall–Kier alpha value is -0.860. The van der Waals surface area contributed by atoms with Crippen molar-refractivity contribution in [2.45, 2.75) is 25.3 Å². The van der Waals surface area contributed by atoms with Gasteiger partial charge in [-0.05, 0) is 6.92 Å². The zero-order chi connectivity index (χ0) is 13.4. The number of rotatable bonds is 4. The molecule has 0 saturated carbocycles. The van der Waals surface area contributed by atoms with Crippen LogP contribution in [0.5, 0.6) is 0 Å². The summed E-state index contributed by atoms with van der Waals surface area (Å²) in [6.07, 6.45) is -15.9. The van der Waals surface area contributed by atoms with Gasteiger partial charge in [0.05, 0.1) is 0 Å². The van der Waals surface area contributed by atoms with Crippen LogP contribution in [-0.4, -0.2) is 18.4 Å². The summed E-state index contributed by atoms with van der Waals surface area (Å²) < 4.78 is 99.4. The van der Waals surface area contributed by atoms with Gasteiger partial charge < -0.3 is 0 Å². The van der Waals surface area contributed by atoms with Gasteiger partial charge in [-0.1, -0.05) is 6.58 Å². The van der Waals surface area contributed by atoms with Crippen LogP contribution in [0.15, 0.2) is 12.4 Å². The molecule has 9 heteroatoms. The summed E-state index contributed by atoms with van der Waals surface area (Å²) in [5.41, 5.74) is 0. The molecular weight excluding hydrogens is 252 g/mol. The van der Waals surface area contributed by atoms with Crippen molar-refractivity contribution in [3.63, 3.8) is 0 Å². The zero-order valence-electron chi connectivity index (χ0n) is 7.72. The van der Waals surface area contributed by atoms with Gasteiger partial charge in [-0.15, -0.1) is 0 Å². The van der Waals surface area contributed by atoms with Crippen molar-refractivity contribution in [3.8, 4) is 0 Å². The van der Waals surface area contributed by atoms with E-state index >= 15 is 0 Å². The SMILES string of the molecule is C=C(F)C(F)(F)OC(F)(F)C(C)C(F)(F)F. The van der Waals surface area contributed by atoms with Crippen LogP contribution in [0.3, 0.4) is 0 Å². The fourth-order valence-corrected chi connectivity index (χ4v) is 0.505. The van der Waals surface area contributed by atoms with E-state index in [1.807, 2.05) is 6.58 Å². The lowest BCUT2D eigenvalue weighted by Gasteiger charge is -2.28. The smallest absolute Gasteiger partial charge is 0.249 e. The molecule has 16 heavy (non-hydrogen) atoms. The van der Waals surface area contributed by atoms with E-state index in [0.717, 1.165) is 0 Å². The maximum absolute atomic E-state index is 12.5. The van der Waals surface area contributed by atoms with Gasteiger partial charge in [0.1, 0.15) is 5.92 Å². The van der Waals surface area contributed by atoms with Crippen LogP contribution in [0, 0.1) is 5.92 Å².